The second-order valence-electron chi connectivity index (χ2n) is 9.71. The van der Waals surface area contributed by atoms with Crippen molar-refractivity contribution in [2.45, 2.75) is 27.2 Å². The maximum absolute atomic E-state index is 12.7. The Morgan fingerprint density at radius 3 is 2.49 bits per heavy atom. The minimum atomic E-state index is -0.284. The molecule has 5 aromatic rings. The van der Waals surface area contributed by atoms with Gasteiger partial charge in [-0.1, -0.05) is 29.8 Å². The first-order valence-corrected chi connectivity index (χ1v) is 15.2. The lowest BCUT2D eigenvalue weighted by molar-refractivity contribution is -0.112. The minimum absolute atomic E-state index is 0.279. The number of rotatable bonds is 9. The number of pyridine rings is 1. The SMILES string of the molecule is C/C(Cc1cccc(-c2csc(NC(=O)c3ccc(C)nc3)n2)c1Cl)=N/C=C(\C)C(=O)Nc1nc(-c2cnn(C)c2)cs1. The number of aryl methyl sites for hydroxylation is 2. The molecule has 0 saturated carbocycles. The lowest BCUT2D eigenvalue weighted by atomic mass is 10.0. The summed E-state index contributed by atoms with van der Waals surface area (Å²) >= 11 is 9.45. The Labute approximate surface area is 261 Å². The van der Waals surface area contributed by atoms with Crippen molar-refractivity contribution in [3.05, 3.63) is 93.3 Å². The number of hydrogen-bond acceptors (Lipinski definition) is 9. The molecule has 0 radical (unpaired) electrons. The van der Waals surface area contributed by atoms with E-state index in [-0.39, 0.29) is 11.8 Å². The molecule has 43 heavy (non-hydrogen) atoms. The fourth-order valence-corrected chi connectivity index (χ4v) is 5.65. The van der Waals surface area contributed by atoms with Gasteiger partial charge in [0.1, 0.15) is 0 Å². The number of halogens is 1. The van der Waals surface area contributed by atoms with Crippen LogP contribution in [0.4, 0.5) is 10.3 Å². The number of hydrogen-bond donors (Lipinski definition) is 2. The molecule has 0 aliphatic carbocycles. The first-order chi connectivity index (χ1) is 20.7. The normalized spacial score (nSPS) is 11.9. The summed E-state index contributed by atoms with van der Waals surface area (Å²) in [4.78, 5) is 42.9. The fourth-order valence-electron chi connectivity index (χ4n) is 3.94. The van der Waals surface area contributed by atoms with E-state index in [1.807, 2.05) is 56.1 Å². The number of thiazole rings is 2. The van der Waals surface area contributed by atoms with E-state index in [1.165, 1.54) is 35.1 Å². The van der Waals surface area contributed by atoms with Crippen molar-refractivity contribution in [3.63, 3.8) is 0 Å². The molecule has 0 unspecified atom stereocenters. The molecule has 0 atom stereocenters. The predicted molar refractivity (Wildman–Crippen MR) is 173 cm³/mol. The molecule has 0 bridgehead atoms. The number of anilines is 2. The number of aromatic nitrogens is 5. The zero-order valence-electron chi connectivity index (χ0n) is 23.8. The molecule has 10 nitrogen and oxygen atoms in total. The van der Waals surface area contributed by atoms with Gasteiger partial charge in [-0.05, 0) is 38.5 Å². The zero-order valence-corrected chi connectivity index (χ0v) is 26.1. The van der Waals surface area contributed by atoms with Gasteiger partial charge in [0, 0.05) is 70.9 Å². The smallest absolute Gasteiger partial charge is 0.259 e. The maximum Gasteiger partial charge on any atom is 0.259 e. The Kier molecular flexibility index (Phi) is 9.19. The van der Waals surface area contributed by atoms with Crippen molar-refractivity contribution in [2.24, 2.45) is 12.0 Å². The molecule has 5 rings (SSSR count). The van der Waals surface area contributed by atoms with Gasteiger partial charge in [-0.25, -0.2) is 9.97 Å². The van der Waals surface area contributed by atoms with Crippen molar-refractivity contribution in [2.75, 3.05) is 10.6 Å². The second kappa shape index (κ2) is 13.2. The molecule has 2 N–H and O–H groups in total. The summed E-state index contributed by atoms with van der Waals surface area (Å²) in [5, 5.41) is 15.0. The van der Waals surface area contributed by atoms with Crippen LogP contribution >= 0.6 is 34.3 Å². The van der Waals surface area contributed by atoms with E-state index in [1.54, 1.807) is 29.9 Å². The van der Waals surface area contributed by atoms with Crippen LogP contribution < -0.4 is 10.6 Å². The number of nitrogens with zero attached hydrogens (tertiary/aromatic N) is 6. The summed E-state index contributed by atoms with van der Waals surface area (Å²) < 4.78 is 1.70. The van der Waals surface area contributed by atoms with Crippen LogP contribution in [-0.2, 0) is 18.3 Å². The fraction of sp³-hybridized carbons (Fsp3) is 0.167. The number of amides is 2. The summed E-state index contributed by atoms with van der Waals surface area (Å²) in [6.07, 6.45) is 7.15. The van der Waals surface area contributed by atoms with Crippen LogP contribution in [0.5, 0.6) is 0 Å². The van der Waals surface area contributed by atoms with Gasteiger partial charge in [0.05, 0.1) is 28.2 Å². The molecule has 0 aliphatic rings. The highest BCUT2D eigenvalue weighted by Crippen LogP contribution is 2.33. The van der Waals surface area contributed by atoms with Crippen molar-refractivity contribution in [3.8, 4) is 22.5 Å². The van der Waals surface area contributed by atoms with Crippen molar-refractivity contribution >= 4 is 62.1 Å². The van der Waals surface area contributed by atoms with Crippen LogP contribution in [0.25, 0.3) is 22.5 Å². The van der Waals surface area contributed by atoms with E-state index < -0.39 is 0 Å². The van der Waals surface area contributed by atoms with Crippen molar-refractivity contribution in [1.29, 1.82) is 0 Å². The number of nitrogens with one attached hydrogen (secondary N) is 2. The lowest BCUT2D eigenvalue weighted by Gasteiger charge is -2.08. The number of benzene rings is 1. The standard InChI is InChI=1S/C30H27ClN8O2S2/c1-17(27(40)37-29-35-24(15-42-29)22-13-34-39(4)14-22)11-32-19(3)10-20-6-5-7-23(26(20)31)25-16-43-30(36-25)38-28(41)21-9-8-18(2)33-12-21/h5-9,11-16H,10H2,1-4H3,(H,35,37,40)(H,36,38,41)/b17-11+,32-19-. The van der Waals surface area contributed by atoms with E-state index in [4.69, 9.17) is 11.6 Å². The van der Waals surface area contributed by atoms with Gasteiger partial charge < -0.3 is 0 Å². The average molecular weight is 631 g/mol. The maximum atomic E-state index is 12.7. The third-order valence-corrected chi connectivity index (χ3v) is 8.22. The monoisotopic (exact) mass is 630 g/mol. The molecule has 0 aliphatic heterocycles. The van der Waals surface area contributed by atoms with Gasteiger partial charge in [-0.2, -0.15) is 5.10 Å². The Bertz CT molecular complexity index is 1850. The number of carbonyl (C=O) groups excluding carboxylic acids is 2. The van der Waals surface area contributed by atoms with Gasteiger partial charge in [-0.15, -0.1) is 22.7 Å². The van der Waals surface area contributed by atoms with Crippen LogP contribution in [0.15, 0.2) is 76.4 Å². The topological polar surface area (TPSA) is 127 Å². The van der Waals surface area contributed by atoms with Crippen LogP contribution in [-0.4, -0.2) is 42.3 Å². The van der Waals surface area contributed by atoms with E-state index in [2.05, 4.69) is 35.7 Å². The molecule has 13 heteroatoms. The molecule has 4 heterocycles. The molecule has 0 spiro atoms. The first kappa shape index (κ1) is 30.0. The third kappa shape index (κ3) is 7.47. The highest BCUT2D eigenvalue weighted by atomic mass is 35.5. The van der Waals surface area contributed by atoms with E-state index in [9.17, 15) is 9.59 Å². The Hall–Kier alpha value is -4.52. The van der Waals surface area contributed by atoms with Crippen LogP contribution in [0.1, 0.15) is 35.5 Å². The van der Waals surface area contributed by atoms with E-state index in [0.29, 0.717) is 38.5 Å². The summed E-state index contributed by atoms with van der Waals surface area (Å²) in [7, 11) is 1.84. The molecule has 0 fully saturated rings. The highest BCUT2D eigenvalue weighted by Gasteiger charge is 2.15. The van der Waals surface area contributed by atoms with Crippen molar-refractivity contribution in [1.82, 2.24) is 24.7 Å². The van der Waals surface area contributed by atoms with Gasteiger partial charge >= 0.3 is 0 Å². The molecule has 0 saturated heterocycles. The molecule has 1 aromatic carbocycles. The van der Waals surface area contributed by atoms with Gasteiger partial charge in [-0.3, -0.25) is 34.9 Å². The Morgan fingerprint density at radius 1 is 1.02 bits per heavy atom. The second-order valence-corrected chi connectivity index (χ2v) is 11.8. The van der Waals surface area contributed by atoms with E-state index >= 15 is 0 Å². The first-order valence-electron chi connectivity index (χ1n) is 13.1. The lowest BCUT2D eigenvalue weighted by Crippen LogP contribution is -2.12. The van der Waals surface area contributed by atoms with Gasteiger partial charge in [0.2, 0.25) is 0 Å². The molecule has 218 valence electrons. The summed E-state index contributed by atoms with van der Waals surface area (Å²) in [5.41, 5.74) is 6.41. The van der Waals surface area contributed by atoms with Crippen LogP contribution in [0.3, 0.4) is 0 Å². The molecular weight excluding hydrogens is 604 g/mol. The molecular formula is C30H27ClN8O2S2. The van der Waals surface area contributed by atoms with E-state index in [0.717, 1.165) is 33.8 Å². The van der Waals surface area contributed by atoms with Gasteiger partial charge in [0.15, 0.2) is 10.3 Å². The quantitative estimate of drug-likeness (QED) is 0.136. The highest BCUT2D eigenvalue weighted by molar-refractivity contribution is 7.14. The summed E-state index contributed by atoms with van der Waals surface area (Å²) in [6, 6.07) is 9.22. The molecule has 2 amide bonds. The Balaban J connectivity index is 1.22. The number of carbonyl (C=O) groups is 2. The van der Waals surface area contributed by atoms with Crippen molar-refractivity contribution < 1.29 is 9.59 Å². The summed E-state index contributed by atoms with van der Waals surface area (Å²) in [5.74, 6) is -0.563. The average Bonchev–Trinajstić information content (AvgIpc) is 3.75. The zero-order chi connectivity index (χ0) is 30.5. The third-order valence-electron chi connectivity index (χ3n) is 6.26. The van der Waals surface area contributed by atoms with Crippen LogP contribution in [0.2, 0.25) is 5.02 Å². The van der Waals surface area contributed by atoms with Crippen LogP contribution in [0, 0.1) is 6.92 Å². The van der Waals surface area contributed by atoms with Gasteiger partial charge in [0.25, 0.3) is 11.8 Å². The Morgan fingerprint density at radius 2 is 1.77 bits per heavy atom. The summed E-state index contributed by atoms with van der Waals surface area (Å²) in [6.45, 7) is 5.44. The largest absolute Gasteiger partial charge is 0.298 e. The molecule has 4 aromatic heterocycles. The minimum Gasteiger partial charge on any atom is -0.298 e. The predicted octanol–water partition coefficient (Wildman–Crippen LogP) is 6.82. The number of aliphatic imine (C=N–C) groups is 1.